The molecule has 0 unspecified atom stereocenters. The normalized spacial score (nSPS) is 25.2. The third kappa shape index (κ3) is 3.34. The van der Waals surface area contributed by atoms with E-state index in [0.717, 1.165) is 0 Å². The van der Waals surface area contributed by atoms with E-state index in [9.17, 15) is 13.6 Å². The summed E-state index contributed by atoms with van der Waals surface area (Å²) < 4.78 is 43.8. The van der Waals surface area contributed by atoms with Gasteiger partial charge in [0.25, 0.3) is 0 Å². The van der Waals surface area contributed by atoms with E-state index in [-0.39, 0.29) is 18.2 Å². The van der Waals surface area contributed by atoms with Crippen LogP contribution < -0.4 is 0 Å². The van der Waals surface area contributed by atoms with Crippen LogP contribution in [0.2, 0.25) is 0 Å². The average Bonchev–Trinajstić information content (AvgIpc) is 3.04. The first kappa shape index (κ1) is 18.5. The molecule has 6 heteroatoms. The molecule has 0 aromatic heterocycles. The maximum Gasteiger partial charge on any atom is 0.341 e. The monoisotopic (exact) mass is 362 g/mol. The van der Waals surface area contributed by atoms with Crippen LogP contribution >= 0.6 is 0 Å². The van der Waals surface area contributed by atoms with Gasteiger partial charge < -0.3 is 14.2 Å². The minimum absolute atomic E-state index is 0.196. The number of rotatable bonds is 5. The van der Waals surface area contributed by atoms with Crippen LogP contribution in [0.3, 0.4) is 0 Å². The summed E-state index contributed by atoms with van der Waals surface area (Å²) in [5.41, 5.74) is -0.184. The lowest BCUT2D eigenvalue weighted by atomic mass is 9.88. The van der Waals surface area contributed by atoms with Crippen molar-refractivity contribution in [2.75, 3.05) is 6.61 Å². The highest BCUT2D eigenvalue weighted by atomic mass is 19.1. The van der Waals surface area contributed by atoms with Crippen LogP contribution in [0, 0.1) is 11.6 Å². The van der Waals surface area contributed by atoms with Gasteiger partial charge in [-0.2, -0.15) is 0 Å². The molecule has 1 heterocycles. The summed E-state index contributed by atoms with van der Waals surface area (Å²) in [5.74, 6) is -1.31. The van der Waals surface area contributed by atoms with Crippen LogP contribution in [0.25, 0.3) is 0 Å². The Morgan fingerprint density at radius 1 is 1.00 bits per heavy atom. The van der Waals surface area contributed by atoms with E-state index in [1.165, 1.54) is 24.3 Å². The Hall–Kier alpha value is -2.31. The first-order valence-corrected chi connectivity index (χ1v) is 8.51. The molecule has 4 nitrogen and oxygen atoms in total. The molecule has 1 saturated heterocycles. The molecule has 0 saturated carbocycles. The number of hydrogen-bond donors (Lipinski definition) is 0. The minimum atomic E-state index is -1.37. The Kier molecular flexibility index (Phi) is 5.34. The molecule has 2 aromatic carbocycles. The van der Waals surface area contributed by atoms with Gasteiger partial charge in [-0.15, -0.1) is 0 Å². The van der Waals surface area contributed by atoms with Crippen LogP contribution in [-0.2, 0) is 19.0 Å². The fourth-order valence-electron chi connectivity index (χ4n) is 3.09. The van der Waals surface area contributed by atoms with Crippen molar-refractivity contribution in [3.63, 3.8) is 0 Å². The van der Waals surface area contributed by atoms with Crippen molar-refractivity contribution >= 4 is 5.97 Å². The Labute approximate surface area is 150 Å². The van der Waals surface area contributed by atoms with E-state index >= 15 is 0 Å². The average molecular weight is 362 g/mol. The summed E-state index contributed by atoms with van der Waals surface area (Å²) in [4.78, 5) is 12.7. The molecule has 0 N–H and O–H groups in total. The predicted molar refractivity (Wildman–Crippen MR) is 90.1 cm³/mol. The van der Waals surface area contributed by atoms with E-state index in [0.29, 0.717) is 17.5 Å². The van der Waals surface area contributed by atoms with E-state index in [1.807, 2.05) is 0 Å². The molecule has 2 aromatic rings. The number of hydrogen-bond acceptors (Lipinski definition) is 4. The zero-order chi connectivity index (χ0) is 18.7. The fraction of sp³-hybridized carbons (Fsp3) is 0.350. The third-order valence-electron chi connectivity index (χ3n) is 4.46. The molecule has 0 spiro atoms. The molecule has 26 heavy (non-hydrogen) atoms. The van der Waals surface area contributed by atoms with E-state index in [2.05, 4.69) is 0 Å². The topological polar surface area (TPSA) is 44.8 Å². The number of ether oxygens (including phenoxy) is 3. The largest absolute Gasteiger partial charge is 0.464 e. The molecule has 0 amide bonds. The lowest BCUT2D eigenvalue weighted by Gasteiger charge is -2.29. The van der Waals surface area contributed by atoms with Gasteiger partial charge in [-0.3, -0.25) is 0 Å². The summed E-state index contributed by atoms with van der Waals surface area (Å²) in [6.07, 6.45) is -1.34. The van der Waals surface area contributed by atoms with E-state index < -0.39 is 24.0 Å². The van der Waals surface area contributed by atoms with Crippen molar-refractivity contribution in [1.29, 1.82) is 0 Å². The summed E-state index contributed by atoms with van der Waals surface area (Å²) in [6.45, 7) is 3.70. The predicted octanol–water partition coefficient (Wildman–Crippen LogP) is 4.46. The molecule has 1 aliphatic rings. The van der Waals surface area contributed by atoms with Crippen LogP contribution in [0.1, 0.15) is 43.8 Å². The van der Waals surface area contributed by atoms with Crippen molar-refractivity contribution in [3.8, 4) is 0 Å². The Morgan fingerprint density at radius 3 is 2.04 bits per heavy atom. The Morgan fingerprint density at radius 2 is 1.54 bits per heavy atom. The highest BCUT2D eigenvalue weighted by Gasteiger charge is 2.56. The maximum absolute atomic E-state index is 13.3. The van der Waals surface area contributed by atoms with Gasteiger partial charge >= 0.3 is 5.97 Å². The fourth-order valence-corrected chi connectivity index (χ4v) is 3.09. The Balaban J connectivity index is 2.00. The zero-order valence-corrected chi connectivity index (χ0v) is 14.6. The second-order valence-electron chi connectivity index (χ2n) is 6.03. The van der Waals surface area contributed by atoms with Crippen LogP contribution in [0.4, 0.5) is 8.78 Å². The third-order valence-corrected chi connectivity index (χ3v) is 4.46. The van der Waals surface area contributed by atoms with Gasteiger partial charge in [0.15, 0.2) is 11.9 Å². The van der Waals surface area contributed by atoms with Crippen molar-refractivity contribution in [1.82, 2.24) is 0 Å². The van der Waals surface area contributed by atoms with Crippen molar-refractivity contribution in [2.24, 2.45) is 0 Å². The number of benzene rings is 2. The van der Waals surface area contributed by atoms with Gasteiger partial charge in [-0.25, -0.2) is 13.6 Å². The second-order valence-corrected chi connectivity index (χ2v) is 6.03. The molecule has 3 rings (SSSR count). The summed E-state index contributed by atoms with van der Waals surface area (Å²) in [6, 6.07) is 11.4. The van der Waals surface area contributed by atoms with Crippen molar-refractivity contribution in [3.05, 3.63) is 71.3 Å². The molecule has 1 aliphatic heterocycles. The number of halogens is 2. The molecule has 138 valence electrons. The molecular weight excluding hydrogens is 342 g/mol. The van der Waals surface area contributed by atoms with Crippen LogP contribution in [0.5, 0.6) is 0 Å². The van der Waals surface area contributed by atoms with Crippen molar-refractivity contribution < 1.29 is 27.8 Å². The zero-order valence-electron chi connectivity index (χ0n) is 14.6. The smallest absolute Gasteiger partial charge is 0.341 e. The molecule has 1 fully saturated rings. The van der Waals surface area contributed by atoms with Crippen molar-refractivity contribution in [2.45, 2.75) is 38.3 Å². The lowest BCUT2D eigenvalue weighted by Crippen LogP contribution is -2.44. The molecule has 0 radical (unpaired) electrons. The molecule has 0 aliphatic carbocycles. The molecular formula is C20H20F2O4. The van der Waals surface area contributed by atoms with Gasteiger partial charge in [0, 0.05) is 5.56 Å². The number of carbonyl (C=O) groups excluding carboxylic acids is 1. The number of esters is 1. The maximum atomic E-state index is 13.3. The Bertz CT molecular complexity index is 760. The number of carbonyl (C=O) groups is 1. The molecule has 3 atom stereocenters. The van der Waals surface area contributed by atoms with Gasteiger partial charge in [-0.05, 0) is 43.2 Å². The van der Waals surface area contributed by atoms with Gasteiger partial charge in [0.2, 0.25) is 0 Å². The lowest BCUT2D eigenvalue weighted by molar-refractivity contribution is -0.174. The highest BCUT2D eigenvalue weighted by molar-refractivity contribution is 5.81. The van der Waals surface area contributed by atoms with Crippen LogP contribution in [0.15, 0.2) is 48.5 Å². The standard InChI is InChI=1S/C20H20F2O4/c1-3-20(19(23)24-4-2)17(13-5-9-15(21)10-6-13)25-18(26-20)14-7-11-16(22)12-8-14/h5-12,17-18H,3-4H2,1-2H3/t17-,18-,20-/m1/s1. The van der Waals surface area contributed by atoms with Gasteiger partial charge in [0.1, 0.15) is 17.7 Å². The first-order chi connectivity index (χ1) is 12.5. The quantitative estimate of drug-likeness (QED) is 0.737. The minimum Gasteiger partial charge on any atom is -0.464 e. The first-order valence-electron chi connectivity index (χ1n) is 8.51. The van der Waals surface area contributed by atoms with E-state index in [4.69, 9.17) is 14.2 Å². The summed E-state index contributed by atoms with van der Waals surface area (Å²) in [5, 5.41) is 0. The second kappa shape index (κ2) is 7.51. The molecule has 0 bridgehead atoms. The van der Waals surface area contributed by atoms with Gasteiger partial charge in [-0.1, -0.05) is 31.2 Å². The summed E-state index contributed by atoms with van der Waals surface area (Å²) in [7, 11) is 0. The van der Waals surface area contributed by atoms with E-state index in [1.54, 1.807) is 38.1 Å². The van der Waals surface area contributed by atoms with Crippen LogP contribution in [-0.4, -0.2) is 18.2 Å². The SMILES string of the molecule is CCOC(=O)[C@]1(CC)O[C@H](c2ccc(F)cc2)O[C@@H]1c1ccc(F)cc1. The van der Waals surface area contributed by atoms with Gasteiger partial charge in [0.05, 0.1) is 6.61 Å². The summed E-state index contributed by atoms with van der Waals surface area (Å²) >= 11 is 0. The highest BCUT2D eigenvalue weighted by Crippen LogP contribution is 2.49.